The minimum Gasteiger partial charge on any atom is -0.270 e. The molecule has 0 aliphatic heterocycles. The fourth-order valence-corrected chi connectivity index (χ4v) is 2.09. The number of rotatable bonds is 3. The maximum atomic E-state index is 13.1. The van der Waals surface area contributed by atoms with Crippen LogP contribution in [0.4, 0.5) is 4.39 Å². The number of carbonyl (C=O) groups excluding carboxylic acids is 1. The molecular weight excluding hydrogens is 245 g/mol. The largest absolute Gasteiger partial charge is 0.276 e. The Labute approximate surface area is 104 Å². The molecule has 1 aliphatic carbocycles. The quantitative estimate of drug-likeness (QED) is 0.845. The molecule has 1 fully saturated rings. The number of hydrogen-bond acceptors (Lipinski definition) is 2. The zero-order valence-electron chi connectivity index (χ0n) is 9.21. The Hall–Kier alpha value is -1.13. The Kier molecular flexibility index (Phi) is 3.97. The van der Waals surface area contributed by atoms with Crippen LogP contribution in [0, 0.1) is 5.82 Å². The lowest BCUT2D eigenvalue weighted by Gasteiger charge is -2.12. The van der Waals surface area contributed by atoms with Gasteiger partial charge in [0.05, 0.1) is 16.7 Å². The molecule has 2 rings (SSSR count). The predicted molar refractivity (Wildman–Crippen MR) is 62.2 cm³/mol. The van der Waals surface area contributed by atoms with Gasteiger partial charge >= 0.3 is 0 Å². The van der Waals surface area contributed by atoms with Crippen LogP contribution >= 0.6 is 11.6 Å². The van der Waals surface area contributed by atoms with E-state index in [0.29, 0.717) is 0 Å². The summed E-state index contributed by atoms with van der Waals surface area (Å²) in [4.78, 5) is 16.9. The molecule has 1 N–H and O–H groups in total. The average Bonchev–Trinajstić information content (AvgIpc) is 2.82. The van der Waals surface area contributed by atoms with Gasteiger partial charge in [0.2, 0.25) is 0 Å². The summed E-state index contributed by atoms with van der Waals surface area (Å²) >= 11 is 5.69. The third kappa shape index (κ3) is 2.96. The Balaban J connectivity index is 1.97. The first-order valence-corrected chi connectivity index (χ1v) is 5.96. The second-order valence-electron chi connectivity index (χ2n) is 4.06. The van der Waals surface area contributed by atoms with Gasteiger partial charge < -0.3 is 0 Å². The van der Waals surface area contributed by atoms with Gasteiger partial charge in [0.25, 0.3) is 5.91 Å². The summed E-state index contributed by atoms with van der Waals surface area (Å²) in [6.45, 7) is 0. The summed E-state index contributed by atoms with van der Waals surface area (Å²) in [7, 11) is 0. The van der Waals surface area contributed by atoms with E-state index in [1.165, 1.54) is 18.2 Å². The molecule has 0 unspecified atom stereocenters. The number of amides is 1. The van der Waals surface area contributed by atoms with Gasteiger partial charge in [-0.25, -0.2) is 9.87 Å². The molecule has 0 heterocycles. The van der Waals surface area contributed by atoms with Crippen LogP contribution in [-0.2, 0) is 4.84 Å². The van der Waals surface area contributed by atoms with Gasteiger partial charge in [0.15, 0.2) is 0 Å². The van der Waals surface area contributed by atoms with Crippen molar-refractivity contribution in [3.63, 3.8) is 0 Å². The number of hydroxylamine groups is 1. The number of nitrogens with one attached hydrogen (secondary N) is 1. The minimum atomic E-state index is -0.611. The van der Waals surface area contributed by atoms with Crippen molar-refractivity contribution in [2.24, 2.45) is 0 Å². The third-order valence-electron chi connectivity index (χ3n) is 2.82. The molecule has 1 saturated carbocycles. The standard InChI is InChI=1S/C12H13ClFNO2/c13-11-9(6-3-7-10(11)14)12(16)15-17-8-4-1-2-5-8/h3,6-8H,1-2,4-5H2,(H,15,16). The van der Waals surface area contributed by atoms with Crippen molar-refractivity contribution in [1.29, 1.82) is 0 Å². The maximum Gasteiger partial charge on any atom is 0.276 e. The Bertz CT molecular complexity index is 419. The van der Waals surface area contributed by atoms with Gasteiger partial charge in [-0.2, -0.15) is 0 Å². The lowest BCUT2D eigenvalue weighted by atomic mass is 10.2. The van der Waals surface area contributed by atoms with E-state index in [-0.39, 0.29) is 16.7 Å². The molecule has 0 radical (unpaired) electrons. The van der Waals surface area contributed by atoms with E-state index in [2.05, 4.69) is 5.48 Å². The van der Waals surface area contributed by atoms with Crippen molar-refractivity contribution >= 4 is 17.5 Å². The van der Waals surface area contributed by atoms with Crippen molar-refractivity contribution in [3.05, 3.63) is 34.6 Å². The molecule has 1 aromatic rings. The van der Waals surface area contributed by atoms with Crippen LogP contribution in [-0.4, -0.2) is 12.0 Å². The second-order valence-corrected chi connectivity index (χ2v) is 4.43. The van der Waals surface area contributed by atoms with Gasteiger partial charge in [-0.1, -0.05) is 30.5 Å². The fraction of sp³-hybridized carbons (Fsp3) is 0.417. The van der Waals surface area contributed by atoms with Crippen LogP contribution in [0.2, 0.25) is 5.02 Å². The highest BCUT2D eigenvalue weighted by Crippen LogP contribution is 2.21. The Morgan fingerprint density at radius 3 is 2.82 bits per heavy atom. The number of carbonyl (C=O) groups is 1. The zero-order valence-corrected chi connectivity index (χ0v) is 9.97. The number of hydrogen-bond donors (Lipinski definition) is 1. The van der Waals surface area contributed by atoms with E-state index >= 15 is 0 Å². The normalized spacial score (nSPS) is 16.1. The SMILES string of the molecule is O=C(NOC1CCCC1)c1cccc(F)c1Cl. The number of benzene rings is 1. The summed E-state index contributed by atoms with van der Waals surface area (Å²) in [6, 6.07) is 4.10. The van der Waals surface area contributed by atoms with Crippen LogP contribution in [0.5, 0.6) is 0 Å². The molecular formula is C12H13ClFNO2. The molecule has 1 aliphatic rings. The number of halogens is 2. The molecule has 5 heteroatoms. The molecule has 0 spiro atoms. The summed E-state index contributed by atoms with van der Waals surface area (Å²) in [6.07, 6.45) is 4.17. The van der Waals surface area contributed by atoms with Crippen molar-refractivity contribution in [2.75, 3.05) is 0 Å². The van der Waals surface area contributed by atoms with Gasteiger partial charge in [0, 0.05) is 0 Å². The van der Waals surface area contributed by atoms with Crippen molar-refractivity contribution < 1.29 is 14.0 Å². The molecule has 1 aromatic carbocycles. The maximum absolute atomic E-state index is 13.1. The molecule has 3 nitrogen and oxygen atoms in total. The highest BCUT2D eigenvalue weighted by Gasteiger charge is 2.19. The van der Waals surface area contributed by atoms with Crippen LogP contribution in [0.1, 0.15) is 36.0 Å². The Morgan fingerprint density at radius 1 is 1.41 bits per heavy atom. The average molecular weight is 258 g/mol. The van der Waals surface area contributed by atoms with Crippen LogP contribution < -0.4 is 5.48 Å². The highest BCUT2D eigenvalue weighted by atomic mass is 35.5. The zero-order chi connectivity index (χ0) is 12.3. The predicted octanol–water partition coefficient (Wildman–Crippen LogP) is 3.08. The fourth-order valence-electron chi connectivity index (χ4n) is 1.88. The van der Waals surface area contributed by atoms with E-state index in [0.717, 1.165) is 25.7 Å². The molecule has 0 bridgehead atoms. The van der Waals surface area contributed by atoms with Gasteiger partial charge in [-0.3, -0.25) is 9.63 Å². The van der Waals surface area contributed by atoms with Crippen LogP contribution in [0.3, 0.4) is 0 Å². The summed E-state index contributed by atoms with van der Waals surface area (Å²) in [5.41, 5.74) is 2.41. The van der Waals surface area contributed by atoms with Gasteiger partial charge in [0.1, 0.15) is 5.82 Å². The van der Waals surface area contributed by atoms with Gasteiger partial charge in [-0.05, 0) is 25.0 Å². The van der Waals surface area contributed by atoms with E-state index in [1.807, 2.05) is 0 Å². The molecule has 0 aromatic heterocycles. The molecule has 1 amide bonds. The summed E-state index contributed by atoms with van der Waals surface area (Å²) in [5.74, 6) is -1.12. The van der Waals surface area contributed by atoms with Crippen molar-refractivity contribution in [1.82, 2.24) is 5.48 Å². The summed E-state index contributed by atoms with van der Waals surface area (Å²) in [5, 5.41) is -0.181. The monoisotopic (exact) mass is 257 g/mol. The lowest BCUT2D eigenvalue weighted by molar-refractivity contribution is -0.0125. The lowest BCUT2D eigenvalue weighted by Crippen LogP contribution is -2.28. The molecule has 92 valence electrons. The first-order valence-electron chi connectivity index (χ1n) is 5.58. The van der Waals surface area contributed by atoms with E-state index in [4.69, 9.17) is 16.4 Å². The van der Waals surface area contributed by atoms with Crippen LogP contribution in [0.25, 0.3) is 0 Å². The smallest absolute Gasteiger partial charge is 0.270 e. The van der Waals surface area contributed by atoms with E-state index in [1.54, 1.807) is 0 Å². The Morgan fingerprint density at radius 2 is 2.12 bits per heavy atom. The van der Waals surface area contributed by atoms with E-state index in [9.17, 15) is 9.18 Å². The first-order chi connectivity index (χ1) is 8.18. The first kappa shape index (κ1) is 12.3. The third-order valence-corrected chi connectivity index (χ3v) is 3.20. The van der Waals surface area contributed by atoms with Crippen molar-refractivity contribution in [2.45, 2.75) is 31.8 Å². The van der Waals surface area contributed by atoms with Crippen LogP contribution in [0.15, 0.2) is 18.2 Å². The second kappa shape index (κ2) is 5.47. The topological polar surface area (TPSA) is 38.3 Å². The van der Waals surface area contributed by atoms with Crippen molar-refractivity contribution in [3.8, 4) is 0 Å². The molecule has 0 atom stereocenters. The molecule has 0 saturated heterocycles. The van der Waals surface area contributed by atoms with E-state index < -0.39 is 11.7 Å². The molecule has 17 heavy (non-hydrogen) atoms. The minimum absolute atomic E-state index is 0.0614. The highest BCUT2D eigenvalue weighted by molar-refractivity contribution is 6.33. The van der Waals surface area contributed by atoms with Gasteiger partial charge in [-0.15, -0.1) is 0 Å². The summed E-state index contributed by atoms with van der Waals surface area (Å²) < 4.78 is 13.1.